The molecule has 0 aromatic rings. The molecule has 0 aliphatic carbocycles. The summed E-state index contributed by atoms with van der Waals surface area (Å²) in [4.78, 5) is 22.6. The van der Waals surface area contributed by atoms with Crippen molar-refractivity contribution in [3.8, 4) is 0 Å². The van der Waals surface area contributed by atoms with Gasteiger partial charge < -0.3 is 21.3 Å². The highest BCUT2D eigenvalue weighted by Gasteiger charge is 1.99. The van der Waals surface area contributed by atoms with Crippen molar-refractivity contribution in [2.24, 2.45) is 0 Å². The largest absolute Gasteiger partial charge is 0.338 e. The molecule has 0 heterocycles. The molecule has 124 valence electrons. The van der Waals surface area contributed by atoms with E-state index in [9.17, 15) is 9.59 Å². The third-order valence-corrected chi connectivity index (χ3v) is 3.68. The van der Waals surface area contributed by atoms with E-state index >= 15 is 0 Å². The summed E-state index contributed by atoms with van der Waals surface area (Å²) < 4.78 is 0. The highest BCUT2D eigenvalue weighted by atomic mass is 32.2. The third kappa shape index (κ3) is 15.1. The van der Waals surface area contributed by atoms with Gasteiger partial charge in [-0.05, 0) is 12.8 Å². The van der Waals surface area contributed by atoms with Crippen LogP contribution < -0.4 is 21.3 Å². The molecule has 0 aromatic carbocycles. The fourth-order valence-corrected chi connectivity index (χ4v) is 2.15. The van der Waals surface area contributed by atoms with Crippen molar-refractivity contribution in [3.63, 3.8) is 0 Å². The van der Waals surface area contributed by atoms with Gasteiger partial charge >= 0.3 is 12.1 Å². The van der Waals surface area contributed by atoms with Gasteiger partial charge in [0.2, 0.25) is 0 Å². The van der Waals surface area contributed by atoms with Crippen LogP contribution in [0.5, 0.6) is 0 Å². The summed E-state index contributed by atoms with van der Waals surface area (Å²) in [6.45, 7) is 6.93. The van der Waals surface area contributed by atoms with Crippen molar-refractivity contribution in [2.45, 2.75) is 39.5 Å². The Morgan fingerprint density at radius 2 is 1.10 bits per heavy atom. The number of carbonyl (C=O) groups is 2. The van der Waals surface area contributed by atoms with Crippen LogP contribution in [0.15, 0.2) is 0 Å². The van der Waals surface area contributed by atoms with Crippen LogP contribution in [0.3, 0.4) is 0 Å². The summed E-state index contributed by atoms with van der Waals surface area (Å²) in [5.74, 6) is 1.70. The van der Waals surface area contributed by atoms with Crippen molar-refractivity contribution in [1.29, 1.82) is 0 Å². The molecule has 0 saturated heterocycles. The molecule has 0 rings (SSSR count). The van der Waals surface area contributed by atoms with E-state index in [1.807, 2.05) is 0 Å². The van der Waals surface area contributed by atoms with E-state index in [0.29, 0.717) is 13.1 Å². The van der Waals surface area contributed by atoms with Crippen LogP contribution in [0.2, 0.25) is 0 Å². The first-order chi connectivity index (χ1) is 10.2. The minimum Gasteiger partial charge on any atom is -0.338 e. The van der Waals surface area contributed by atoms with Crippen molar-refractivity contribution in [1.82, 2.24) is 21.3 Å². The van der Waals surface area contributed by atoms with Crippen LogP contribution in [0.1, 0.15) is 39.5 Å². The van der Waals surface area contributed by atoms with Gasteiger partial charge in [-0.3, -0.25) is 0 Å². The first kappa shape index (κ1) is 19.9. The Labute approximate surface area is 132 Å². The van der Waals surface area contributed by atoms with Gasteiger partial charge in [0.25, 0.3) is 0 Å². The molecule has 7 heteroatoms. The molecular weight excluding hydrogens is 288 g/mol. The Morgan fingerprint density at radius 1 is 0.714 bits per heavy atom. The van der Waals surface area contributed by atoms with Gasteiger partial charge in [-0.15, -0.1) is 0 Å². The second kappa shape index (κ2) is 15.3. The quantitative estimate of drug-likeness (QED) is 0.415. The molecule has 4 N–H and O–H groups in total. The zero-order chi connectivity index (χ0) is 15.8. The van der Waals surface area contributed by atoms with Crippen LogP contribution in [0, 0.1) is 0 Å². The number of unbranched alkanes of at least 4 members (excludes halogenated alkanes) is 2. The summed E-state index contributed by atoms with van der Waals surface area (Å²) in [6.07, 6.45) is 4.17. The minimum absolute atomic E-state index is 0.0996. The van der Waals surface area contributed by atoms with Crippen molar-refractivity contribution in [2.75, 3.05) is 37.7 Å². The molecule has 0 aromatic heterocycles. The average molecular weight is 318 g/mol. The molecule has 0 saturated carbocycles. The predicted octanol–water partition coefficient (Wildman–Crippen LogP) is 1.92. The maximum atomic E-state index is 11.3. The maximum absolute atomic E-state index is 11.3. The fourth-order valence-electron chi connectivity index (χ4n) is 1.46. The molecule has 0 aliphatic rings. The van der Waals surface area contributed by atoms with Gasteiger partial charge in [0.1, 0.15) is 0 Å². The molecule has 0 unspecified atom stereocenters. The fraction of sp³-hybridized carbons (Fsp3) is 0.857. The lowest BCUT2D eigenvalue weighted by Gasteiger charge is -2.08. The molecule has 0 bridgehead atoms. The van der Waals surface area contributed by atoms with Crippen molar-refractivity contribution >= 4 is 23.8 Å². The summed E-state index contributed by atoms with van der Waals surface area (Å²) in [5.41, 5.74) is 0. The average Bonchev–Trinajstić information content (AvgIpc) is 2.47. The number of nitrogens with one attached hydrogen (secondary N) is 4. The standard InChI is InChI=1S/C14H30N4O2S/c1-3-5-7-15-13(19)17-9-11-21-12-10-18-14(20)16-8-6-4-2/h3-12H2,1-2H3,(H2,15,17,19)(H2,16,18,20). The van der Waals surface area contributed by atoms with E-state index < -0.39 is 0 Å². The van der Waals surface area contributed by atoms with Crippen LogP contribution in [0.4, 0.5) is 9.59 Å². The number of thioether (sulfide) groups is 1. The molecule has 4 amide bonds. The number of carbonyl (C=O) groups excluding carboxylic acids is 2. The smallest absolute Gasteiger partial charge is 0.314 e. The Balaban J connectivity index is 3.24. The number of hydrogen-bond acceptors (Lipinski definition) is 3. The van der Waals surface area contributed by atoms with Gasteiger partial charge in [0.05, 0.1) is 0 Å². The van der Waals surface area contributed by atoms with E-state index in [-0.39, 0.29) is 12.1 Å². The second-order valence-corrected chi connectivity index (χ2v) is 5.91. The van der Waals surface area contributed by atoms with Crippen LogP contribution in [-0.2, 0) is 0 Å². The molecule has 0 aliphatic heterocycles. The lowest BCUT2D eigenvalue weighted by atomic mass is 10.3. The molecule has 0 spiro atoms. The lowest BCUT2D eigenvalue weighted by molar-refractivity contribution is 0.240. The Morgan fingerprint density at radius 3 is 1.48 bits per heavy atom. The van der Waals surface area contributed by atoms with E-state index in [4.69, 9.17) is 0 Å². The van der Waals surface area contributed by atoms with Gasteiger partial charge in [-0.25, -0.2) is 9.59 Å². The number of hydrogen-bond donors (Lipinski definition) is 4. The molecule has 0 atom stereocenters. The lowest BCUT2D eigenvalue weighted by Crippen LogP contribution is -2.38. The zero-order valence-corrected chi connectivity index (χ0v) is 14.1. The Kier molecular flexibility index (Phi) is 14.5. The maximum Gasteiger partial charge on any atom is 0.314 e. The first-order valence-electron chi connectivity index (χ1n) is 7.81. The Bertz CT molecular complexity index is 252. The van der Waals surface area contributed by atoms with E-state index in [2.05, 4.69) is 35.1 Å². The highest BCUT2D eigenvalue weighted by Crippen LogP contribution is 1.96. The summed E-state index contributed by atoms with van der Waals surface area (Å²) in [6, 6.07) is -0.199. The van der Waals surface area contributed by atoms with Gasteiger partial charge in [-0.2, -0.15) is 11.8 Å². The first-order valence-corrected chi connectivity index (χ1v) is 8.97. The van der Waals surface area contributed by atoms with Gasteiger partial charge in [0, 0.05) is 37.7 Å². The molecule has 0 radical (unpaired) electrons. The molecule has 6 nitrogen and oxygen atoms in total. The number of urea groups is 2. The Hall–Kier alpha value is -1.11. The minimum atomic E-state index is -0.0996. The molecule has 21 heavy (non-hydrogen) atoms. The monoisotopic (exact) mass is 318 g/mol. The van der Waals surface area contributed by atoms with Gasteiger partial charge in [0.15, 0.2) is 0 Å². The summed E-state index contributed by atoms with van der Waals surface area (Å²) in [5, 5.41) is 11.2. The number of rotatable bonds is 12. The number of amides is 4. The van der Waals surface area contributed by atoms with Crippen LogP contribution in [-0.4, -0.2) is 49.7 Å². The van der Waals surface area contributed by atoms with Crippen molar-refractivity contribution < 1.29 is 9.59 Å². The van der Waals surface area contributed by atoms with Crippen molar-refractivity contribution in [3.05, 3.63) is 0 Å². The van der Waals surface area contributed by atoms with Gasteiger partial charge in [-0.1, -0.05) is 26.7 Å². The third-order valence-electron chi connectivity index (χ3n) is 2.70. The molecule has 0 fully saturated rings. The molecular formula is C14H30N4O2S. The normalized spacial score (nSPS) is 10.0. The van der Waals surface area contributed by atoms with Crippen LogP contribution >= 0.6 is 11.8 Å². The van der Waals surface area contributed by atoms with Crippen LogP contribution in [0.25, 0.3) is 0 Å². The zero-order valence-electron chi connectivity index (χ0n) is 13.3. The highest BCUT2D eigenvalue weighted by molar-refractivity contribution is 7.99. The second-order valence-electron chi connectivity index (χ2n) is 4.68. The summed E-state index contributed by atoms with van der Waals surface area (Å²) in [7, 11) is 0. The van der Waals surface area contributed by atoms with E-state index in [1.54, 1.807) is 11.8 Å². The van der Waals surface area contributed by atoms with E-state index in [0.717, 1.165) is 50.3 Å². The SMILES string of the molecule is CCCCNC(=O)NCCSCCNC(=O)NCCCC. The van der Waals surface area contributed by atoms with E-state index in [1.165, 1.54) is 0 Å². The summed E-state index contributed by atoms with van der Waals surface area (Å²) >= 11 is 1.71. The topological polar surface area (TPSA) is 82.3 Å². The predicted molar refractivity (Wildman–Crippen MR) is 89.9 cm³/mol.